The van der Waals surface area contributed by atoms with E-state index in [-0.39, 0.29) is 0 Å². The smallest absolute Gasteiger partial charge is 0.122 e. The highest BCUT2D eigenvalue weighted by Crippen LogP contribution is 2.35. The summed E-state index contributed by atoms with van der Waals surface area (Å²) in [6, 6.07) is 8.35. The molecule has 14 heavy (non-hydrogen) atoms. The molecule has 0 fully saturated rings. The molecule has 0 N–H and O–H groups in total. The van der Waals surface area contributed by atoms with E-state index in [1.807, 2.05) is 6.07 Å². The Bertz CT molecular complexity index is 298. The number of para-hydroxylation sites is 1. The van der Waals surface area contributed by atoms with Gasteiger partial charge in [-0.05, 0) is 36.8 Å². The van der Waals surface area contributed by atoms with Gasteiger partial charge in [0, 0.05) is 5.88 Å². The van der Waals surface area contributed by atoms with Gasteiger partial charge in [0.1, 0.15) is 5.75 Å². The first-order valence-corrected chi connectivity index (χ1v) is 5.73. The van der Waals surface area contributed by atoms with E-state index in [1.54, 1.807) is 0 Å². The molecule has 0 amide bonds. The van der Waals surface area contributed by atoms with Crippen LogP contribution in [0.4, 0.5) is 0 Å². The van der Waals surface area contributed by atoms with Crippen LogP contribution in [0.15, 0.2) is 24.3 Å². The summed E-state index contributed by atoms with van der Waals surface area (Å²) >= 11 is 5.72. The van der Waals surface area contributed by atoms with E-state index in [1.165, 1.54) is 12.0 Å². The van der Waals surface area contributed by atoms with Gasteiger partial charge in [-0.25, -0.2) is 0 Å². The molecule has 1 heterocycles. The number of fused-ring (bicyclic) bond motifs is 1. The molecule has 0 saturated heterocycles. The zero-order valence-corrected chi connectivity index (χ0v) is 8.96. The van der Waals surface area contributed by atoms with E-state index in [0.717, 1.165) is 31.1 Å². The summed E-state index contributed by atoms with van der Waals surface area (Å²) in [5.41, 5.74) is 1.36. The summed E-state index contributed by atoms with van der Waals surface area (Å²) in [7, 11) is 0. The first-order chi connectivity index (χ1) is 6.92. The van der Waals surface area contributed by atoms with Crippen LogP contribution in [0, 0.1) is 0 Å². The lowest BCUT2D eigenvalue weighted by atomic mass is 9.89. The predicted molar refractivity (Wildman–Crippen MR) is 59.2 cm³/mol. The summed E-state index contributed by atoms with van der Waals surface area (Å²) in [5, 5.41) is 0. The maximum absolute atomic E-state index is 5.72. The molecule has 2 rings (SSSR count). The number of alkyl halides is 1. The molecule has 0 bridgehead atoms. The van der Waals surface area contributed by atoms with Crippen molar-refractivity contribution >= 4 is 11.6 Å². The Balaban J connectivity index is 2.14. The van der Waals surface area contributed by atoms with Crippen LogP contribution in [0.2, 0.25) is 0 Å². The lowest BCUT2D eigenvalue weighted by Gasteiger charge is -2.25. The number of halogens is 1. The molecule has 1 aliphatic rings. The summed E-state index contributed by atoms with van der Waals surface area (Å²) in [6.07, 6.45) is 3.42. The van der Waals surface area contributed by atoms with Crippen LogP contribution in [0.1, 0.15) is 30.7 Å². The number of benzene rings is 1. The maximum atomic E-state index is 5.72. The number of hydrogen-bond acceptors (Lipinski definition) is 1. The van der Waals surface area contributed by atoms with Gasteiger partial charge < -0.3 is 4.74 Å². The number of ether oxygens (including phenoxy) is 1. The molecule has 1 aromatic rings. The fourth-order valence-electron chi connectivity index (χ4n) is 2.04. The Kier molecular flexibility index (Phi) is 3.30. The Morgan fingerprint density at radius 3 is 3.07 bits per heavy atom. The van der Waals surface area contributed by atoms with Crippen molar-refractivity contribution in [3.8, 4) is 5.75 Å². The molecule has 1 unspecified atom stereocenters. The zero-order chi connectivity index (χ0) is 9.80. The SMILES string of the molecule is ClCCCC1CCOc2ccccc21. The molecule has 1 nitrogen and oxygen atoms in total. The largest absolute Gasteiger partial charge is 0.493 e. The van der Waals surface area contributed by atoms with Crippen LogP contribution < -0.4 is 4.74 Å². The van der Waals surface area contributed by atoms with Gasteiger partial charge in [0.05, 0.1) is 6.61 Å². The van der Waals surface area contributed by atoms with Gasteiger partial charge in [-0.1, -0.05) is 18.2 Å². The van der Waals surface area contributed by atoms with Crippen LogP contribution in [-0.2, 0) is 0 Å². The molecule has 0 aromatic heterocycles. The van der Waals surface area contributed by atoms with Gasteiger partial charge >= 0.3 is 0 Å². The Morgan fingerprint density at radius 2 is 2.21 bits per heavy atom. The quantitative estimate of drug-likeness (QED) is 0.694. The molecule has 0 aliphatic carbocycles. The molecule has 0 radical (unpaired) electrons. The van der Waals surface area contributed by atoms with E-state index >= 15 is 0 Å². The minimum Gasteiger partial charge on any atom is -0.493 e. The molecule has 76 valence electrons. The monoisotopic (exact) mass is 210 g/mol. The number of rotatable bonds is 3. The van der Waals surface area contributed by atoms with E-state index in [4.69, 9.17) is 16.3 Å². The van der Waals surface area contributed by atoms with E-state index < -0.39 is 0 Å². The van der Waals surface area contributed by atoms with Crippen molar-refractivity contribution < 1.29 is 4.74 Å². The van der Waals surface area contributed by atoms with Crippen molar-refractivity contribution in [3.63, 3.8) is 0 Å². The van der Waals surface area contributed by atoms with Crippen molar-refractivity contribution in [3.05, 3.63) is 29.8 Å². The van der Waals surface area contributed by atoms with E-state index in [0.29, 0.717) is 5.92 Å². The second-order valence-corrected chi connectivity index (χ2v) is 4.08. The van der Waals surface area contributed by atoms with Crippen LogP contribution in [0.3, 0.4) is 0 Å². The summed E-state index contributed by atoms with van der Waals surface area (Å²) in [4.78, 5) is 0. The van der Waals surface area contributed by atoms with Gasteiger partial charge in [-0.15, -0.1) is 11.6 Å². The van der Waals surface area contributed by atoms with Crippen LogP contribution >= 0.6 is 11.6 Å². The van der Waals surface area contributed by atoms with Crippen LogP contribution in [0.25, 0.3) is 0 Å². The summed E-state index contributed by atoms with van der Waals surface area (Å²) in [5.74, 6) is 2.48. The Labute approximate surface area is 90.0 Å². The van der Waals surface area contributed by atoms with Gasteiger partial charge in [-0.2, -0.15) is 0 Å². The normalized spacial score (nSPS) is 19.9. The van der Waals surface area contributed by atoms with E-state index in [2.05, 4.69) is 18.2 Å². The van der Waals surface area contributed by atoms with Gasteiger partial charge in [0.25, 0.3) is 0 Å². The Morgan fingerprint density at radius 1 is 1.36 bits per heavy atom. The van der Waals surface area contributed by atoms with Gasteiger partial charge in [0.15, 0.2) is 0 Å². The van der Waals surface area contributed by atoms with Crippen molar-refractivity contribution in [2.75, 3.05) is 12.5 Å². The lowest BCUT2D eigenvalue weighted by Crippen LogP contribution is -2.14. The maximum Gasteiger partial charge on any atom is 0.122 e. The minimum atomic E-state index is 0.652. The highest BCUT2D eigenvalue weighted by atomic mass is 35.5. The first-order valence-electron chi connectivity index (χ1n) is 5.19. The summed E-state index contributed by atoms with van der Waals surface area (Å²) < 4.78 is 5.60. The van der Waals surface area contributed by atoms with Crippen LogP contribution in [-0.4, -0.2) is 12.5 Å². The summed E-state index contributed by atoms with van der Waals surface area (Å²) in [6.45, 7) is 0.851. The third-order valence-electron chi connectivity index (χ3n) is 2.77. The van der Waals surface area contributed by atoms with Crippen molar-refractivity contribution in [1.82, 2.24) is 0 Å². The molecule has 0 spiro atoms. The topological polar surface area (TPSA) is 9.23 Å². The van der Waals surface area contributed by atoms with Gasteiger partial charge in [-0.3, -0.25) is 0 Å². The average Bonchev–Trinajstić information content (AvgIpc) is 2.26. The molecule has 0 saturated carbocycles. The van der Waals surface area contributed by atoms with Crippen molar-refractivity contribution in [2.45, 2.75) is 25.2 Å². The number of hydrogen-bond donors (Lipinski definition) is 0. The zero-order valence-electron chi connectivity index (χ0n) is 8.21. The second-order valence-electron chi connectivity index (χ2n) is 3.70. The standard InChI is InChI=1S/C12H15ClO/c13-8-3-4-10-7-9-14-12-6-2-1-5-11(10)12/h1-2,5-6,10H,3-4,7-9H2. The first kappa shape index (κ1) is 9.85. The lowest BCUT2D eigenvalue weighted by molar-refractivity contribution is 0.263. The van der Waals surface area contributed by atoms with Crippen molar-refractivity contribution in [2.24, 2.45) is 0 Å². The van der Waals surface area contributed by atoms with Crippen LogP contribution in [0.5, 0.6) is 5.75 Å². The predicted octanol–water partition coefficient (Wildman–Crippen LogP) is 3.57. The highest BCUT2D eigenvalue weighted by Gasteiger charge is 2.19. The third kappa shape index (κ3) is 2.03. The molecule has 1 atom stereocenters. The fraction of sp³-hybridized carbons (Fsp3) is 0.500. The molecule has 1 aromatic carbocycles. The molecular formula is C12H15ClO. The Hall–Kier alpha value is -0.690. The second kappa shape index (κ2) is 4.70. The fourth-order valence-corrected chi connectivity index (χ4v) is 2.19. The third-order valence-corrected chi connectivity index (χ3v) is 3.04. The highest BCUT2D eigenvalue weighted by molar-refractivity contribution is 6.17. The van der Waals surface area contributed by atoms with Crippen molar-refractivity contribution in [1.29, 1.82) is 0 Å². The van der Waals surface area contributed by atoms with E-state index in [9.17, 15) is 0 Å². The minimum absolute atomic E-state index is 0.652. The average molecular weight is 211 g/mol. The molecule has 2 heteroatoms. The molecule has 1 aliphatic heterocycles. The molecular weight excluding hydrogens is 196 g/mol. The van der Waals surface area contributed by atoms with Gasteiger partial charge in [0.2, 0.25) is 0 Å².